The van der Waals surface area contributed by atoms with E-state index in [9.17, 15) is 28.8 Å². The zero-order chi connectivity index (χ0) is 36.2. The fourth-order valence-corrected chi connectivity index (χ4v) is 2.11. The van der Waals surface area contributed by atoms with Gasteiger partial charge >= 0.3 is 35.8 Å². The number of amidine groups is 4. The summed E-state index contributed by atoms with van der Waals surface area (Å²) in [6, 6.07) is 0. The number of rotatable bonds is 14. The van der Waals surface area contributed by atoms with Crippen LogP contribution in [0.25, 0.3) is 0 Å². The molecule has 22 heteroatoms. The van der Waals surface area contributed by atoms with Gasteiger partial charge in [-0.1, -0.05) is 7.43 Å². The summed E-state index contributed by atoms with van der Waals surface area (Å²) < 4.78 is 0. The largest absolute Gasteiger partial charge is 0.481 e. The predicted molar refractivity (Wildman–Crippen MR) is 157 cm³/mol. The van der Waals surface area contributed by atoms with Crippen LogP contribution in [0.2, 0.25) is 0 Å². The third kappa shape index (κ3) is 28.5. The van der Waals surface area contributed by atoms with Crippen LogP contribution in [0, 0.1) is 21.6 Å². The molecule has 0 saturated heterocycles. The molecular formula is C23H44N8O14. The fraction of sp³-hybridized carbons (Fsp3) is 0.565. The number of carboxylic acids is 6. The van der Waals surface area contributed by atoms with Crippen LogP contribution in [0.3, 0.4) is 0 Å². The molecule has 0 heterocycles. The first-order chi connectivity index (χ1) is 19.6. The lowest BCUT2D eigenvalue weighted by Gasteiger charge is -2.18. The van der Waals surface area contributed by atoms with Crippen LogP contribution < -0.4 is 11.5 Å². The van der Waals surface area contributed by atoms with Gasteiger partial charge in [-0.3, -0.25) is 40.8 Å². The molecule has 0 aromatic heterocycles. The highest BCUT2D eigenvalue weighted by Crippen LogP contribution is 2.16. The maximum absolute atomic E-state index is 10.3. The Morgan fingerprint density at radius 1 is 0.533 bits per heavy atom. The number of nitrogens with two attached hydrogens (primary N) is 2. The van der Waals surface area contributed by atoms with Crippen molar-refractivity contribution >= 4 is 59.2 Å². The van der Waals surface area contributed by atoms with Gasteiger partial charge < -0.3 is 62.1 Å². The van der Waals surface area contributed by atoms with Crippen LogP contribution in [0.15, 0.2) is 0 Å². The number of hydrogen-bond donors (Lipinski definition) is 14. The molecule has 22 nitrogen and oxygen atoms in total. The smallest absolute Gasteiger partial charge is 0.336 e. The lowest BCUT2D eigenvalue weighted by Crippen LogP contribution is -2.42. The van der Waals surface area contributed by atoms with Gasteiger partial charge in [0, 0.05) is 28.2 Å². The van der Waals surface area contributed by atoms with E-state index in [4.69, 9.17) is 74.0 Å². The van der Waals surface area contributed by atoms with Gasteiger partial charge in [-0.05, 0) is 0 Å². The lowest BCUT2D eigenvalue weighted by molar-refractivity contribution is -0.170. The van der Waals surface area contributed by atoms with Crippen molar-refractivity contribution in [2.45, 2.75) is 57.2 Å². The first kappa shape index (κ1) is 49.3. The molecule has 0 aliphatic heterocycles. The second-order valence-corrected chi connectivity index (χ2v) is 9.04. The molecule has 0 aromatic carbocycles. The van der Waals surface area contributed by atoms with Gasteiger partial charge in [0.1, 0.15) is 11.7 Å². The van der Waals surface area contributed by atoms with Crippen LogP contribution in [-0.4, -0.2) is 149 Å². The minimum atomic E-state index is -2.74. The molecule has 0 aromatic rings. The maximum atomic E-state index is 10.3. The number of nitrogens with zero attached hydrogens (tertiary/aromatic N) is 2. The van der Waals surface area contributed by atoms with E-state index in [2.05, 4.69) is 0 Å². The molecule has 0 saturated carbocycles. The molecule has 0 aliphatic rings. The third-order valence-electron chi connectivity index (χ3n) is 4.37. The summed E-state index contributed by atoms with van der Waals surface area (Å²) in [4.78, 5) is 64.2. The maximum Gasteiger partial charge on any atom is 0.336 e. The van der Waals surface area contributed by atoms with E-state index in [1.54, 1.807) is 38.0 Å². The van der Waals surface area contributed by atoms with Crippen LogP contribution in [0.4, 0.5) is 0 Å². The topological polar surface area (TPSA) is 418 Å². The zero-order valence-electron chi connectivity index (χ0n) is 24.3. The Morgan fingerprint density at radius 2 is 0.711 bits per heavy atom. The zero-order valence-corrected chi connectivity index (χ0v) is 24.3. The van der Waals surface area contributed by atoms with Crippen molar-refractivity contribution in [1.82, 2.24) is 9.80 Å². The van der Waals surface area contributed by atoms with Gasteiger partial charge in [-0.25, -0.2) is 9.59 Å². The van der Waals surface area contributed by atoms with E-state index < -0.39 is 72.7 Å². The standard InChI is InChI=1S/2C6H8O7.2C5H12N4.CH4/c2*7-3(8)1-6(13,5(11)12)2-4(9)10;2*1-9(2)5(8)3-4(6)7;/h2*13H,1-2H2,(H,7,8)(H,9,10)(H,11,12);2*8H,3H2,1-2H3,(H3,6,7);1H4. The first-order valence-electron chi connectivity index (χ1n) is 11.6. The van der Waals surface area contributed by atoms with Crippen LogP contribution in [-0.2, 0) is 28.8 Å². The van der Waals surface area contributed by atoms with Crippen molar-refractivity contribution in [3.8, 4) is 0 Å². The first-order valence-corrected chi connectivity index (χ1v) is 11.6. The van der Waals surface area contributed by atoms with Crippen molar-refractivity contribution in [3.05, 3.63) is 0 Å². The molecule has 0 fully saturated rings. The molecule has 16 N–H and O–H groups in total. The highest BCUT2D eigenvalue weighted by molar-refractivity contribution is 5.99. The highest BCUT2D eigenvalue weighted by Gasteiger charge is 2.41. The second kappa shape index (κ2) is 23.1. The number of carboxylic acid groups (broad SMARTS) is 6. The number of aliphatic hydroxyl groups is 2. The van der Waals surface area contributed by atoms with Crippen molar-refractivity contribution in [1.29, 1.82) is 21.6 Å². The minimum absolute atomic E-state index is 0. The summed E-state index contributed by atoms with van der Waals surface area (Å²) in [5.74, 6) is -9.24. The van der Waals surface area contributed by atoms with E-state index in [0.717, 1.165) is 0 Å². The Labute approximate surface area is 257 Å². The summed E-state index contributed by atoms with van der Waals surface area (Å²) in [6.45, 7) is 0. The molecule has 0 aliphatic carbocycles. The van der Waals surface area contributed by atoms with Crippen molar-refractivity contribution in [2.24, 2.45) is 11.5 Å². The molecule has 0 unspecified atom stereocenters. The van der Waals surface area contributed by atoms with Crippen LogP contribution in [0.1, 0.15) is 46.0 Å². The quantitative estimate of drug-likeness (QED) is 0.0699. The second-order valence-electron chi connectivity index (χ2n) is 9.04. The normalized spacial score (nSPS) is 9.73. The number of hydrogen-bond acceptors (Lipinski definition) is 12. The molecule has 0 rings (SSSR count). The molecule has 0 spiro atoms. The molecule has 45 heavy (non-hydrogen) atoms. The van der Waals surface area contributed by atoms with Gasteiger partial charge in [0.2, 0.25) is 0 Å². The van der Waals surface area contributed by atoms with E-state index in [0.29, 0.717) is 11.7 Å². The highest BCUT2D eigenvalue weighted by atomic mass is 16.4. The van der Waals surface area contributed by atoms with E-state index in [1.165, 1.54) is 0 Å². The Morgan fingerprint density at radius 3 is 0.778 bits per heavy atom. The Bertz CT molecular complexity index is 976. The minimum Gasteiger partial charge on any atom is -0.481 e. The molecular weight excluding hydrogens is 612 g/mol. The van der Waals surface area contributed by atoms with Gasteiger partial charge in [-0.2, -0.15) is 0 Å². The van der Waals surface area contributed by atoms with E-state index in [1.807, 2.05) is 0 Å². The van der Waals surface area contributed by atoms with Crippen molar-refractivity contribution in [3.63, 3.8) is 0 Å². The number of aliphatic carboxylic acids is 6. The van der Waals surface area contributed by atoms with Crippen LogP contribution in [0.5, 0.6) is 0 Å². The van der Waals surface area contributed by atoms with Crippen LogP contribution >= 0.6 is 0 Å². The molecule has 0 atom stereocenters. The predicted octanol–water partition coefficient (Wildman–Crippen LogP) is -2.16. The Kier molecular flexibility index (Phi) is 25.3. The summed E-state index contributed by atoms with van der Waals surface area (Å²) in [6.07, 6.45) is -4.09. The average molecular weight is 657 g/mol. The van der Waals surface area contributed by atoms with Gasteiger partial charge in [0.25, 0.3) is 0 Å². The summed E-state index contributed by atoms with van der Waals surface area (Å²) >= 11 is 0. The SMILES string of the molecule is C.CN(C)C(=N)CC(=N)N.CN(C)C(=N)CC(=N)N.O=C(O)CC(O)(CC(=O)O)C(=O)O.O=C(O)CC(O)(CC(=O)O)C(=O)O. The van der Waals surface area contributed by atoms with E-state index >= 15 is 0 Å². The third-order valence-corrected chi connectivity index (χ3v) is 4.37. The molecule has 0 bridgehead atoms. The van der Waals surface area contributed by atoms with Crippen molar-refractivity contribution < 1.29 is 69.6 Å². The molecule has 0 radical (unpaired) electrons. The monoisotopic (exact) mass is 656 g/mol. The Hall–Kier alpha value is -5.38. The van der Waals surface area contributed by atoms with E-state index in [-0.39, 0.29) is 31.9 Å². The summed E-state index contributed by atoms with van der Waals surface area (Å²) in [5, 5.41) is 95.6. The number of nitrogens with one attached hydrogen (secondary N) is 4. The average Bonchev–Trinajstić information content (AvgIpc) is 2.77. The summed E-state index contributed by atoms with van der Waals surface area (Å²) in [5.41, 5.74) is 4.62. The molecule has 260 valence electrons. The number of carbonyl (C=O) groups is 6. The molecule has 0 amide bonds. The van der Waals surface area contributed by atoms with Crippen molar-refractivity contribution in [2.75, 3.05) is 28.2 Å². The van der Waals surface area contributed by atoms with Gasteiger partial charge in [0.05, 0.1) is 50.2 Å². The fourth-order valence-electron chi connectivity index (χ4n) is 2.11. The van der Waals surface area contributed by atoms with Gasteiger partial charge in [-0.15, -0.1) is 0 Å². The summed E-state index contributed by atoms with van der Waals surface area (Å²) in [7, 11) is 7.02. The lowest BCUT2D eigenvalue weighted by atomic mass is 9.96. The van der Waals surface area contributed by atoms with Gasteiger partial charge in [0.15, 0.2) is 11.2 Å². The Balaban J connectivity index is -0.000000159.